The number of halogens is 1. The highest BCUT2D eigenvalue weighted by atomic mass is 32.2. The van der Waals surface area contributed by atoms with Gasteiger partial charge in [-0.05, 0) is 68.6 Å². The van der Waals surface area contributed by atoms with Gasteiger partial charge in [-0.25, -0.2) is 12.8 Å². The average Bonchev–Trinajstić information content (AvgIpc) is 3.10. The summed E-state index contributed by atoms with van der Waals surface area (Å²) >= 11 is 0. The number of rotatable bonds is 5. The number of hydrogen-bond donors (Lipinski definition) is 0. The summed E-state index contributed by atoms with van der Waals surface area (Å²) in [6.45, 7) is 2.95. The van der Waals surface area contributed by atoms with Crippen LogP contribution in [0.15, 0.2) is 41.4 Å². The van der Waals surface area contributed by atoms with E-state index in [0.717, 1.165) is 32.5 Å². The SMILES string of the molecule is Cn1ccc2c1C(=O)CN(CCCN1CCC(c3ccc(F)cc3)CC1)S2(=O)=O. The first-order valence-electron chi connectivity index (χ1n) is 10.0. The Morgan fingerprint density at radius 1 is 1.07 bits per heavy atom. The summed E-state index contributed by atoms with van der Waals surface area (Å²) in [6, 6.07) is 8.27. The fraction of sp³-hybridized carbons (Fsp3) is 0.476. The molecule has 0 bridgehead atoms. The van der Waals surface area contributed by atoms with Crippen molar-refractivity contribution in [2.24, 2.45) is 7.05 Å². The van der Waals surface area contributed by atoms with Gasteiger partial charge >= 0.3 is 0 Å². The zero-order chi connectivity index (χ0) is 20.6. The summed E-state index contributed by atoms with van der Waals surface area (Å²) < 4.78 is 41.6. The van der Waals surface area contributed by atoms with Gasteiger partial charge in [0, 0.05) is 19.8 Å². The maximum absolute atomic E-state index is 13.1. The molecule has 156 valence electrons. The molecule has 6 nitrogen and oxygen atoms in total. The van der Waals surface area contributed by atoms with Gasteiger partial charge in [0.1, 0.15) is 16.4 Å². The number of fused-ring (bicyclic) bond motifs is 1. The van der Waals surface area contributed by atoms with Crippen molar-refractivity contribution in [3.05, 3.63) is 53.6 Å². The minimum atomic E-state index is -3.60. The first-order valence-corrected chi connectivity index (χ1v) is 11.5. The van der Waals surface area contributed by atoms with Crippen LogP contribution in [0.3, 0.4) is 0 Å². The van der Waals surface area contributed by atoms with Crippen molar-refractivity contribution in [3.63, 3.8) is 0 Å². The molecular formula is C21H26FN3O3S. The van der Waals surface area contributed by atoms with Crippen molar-refractivity contribution in [2.75, 3.05) is 32.7 Å². The van der Waals surface area contributed by atoms with Gasteiger partial charge in [-0.2, -0.15) is 4.31 Å². The average molecular weight is 420 g/mol. The van der Waals surface area contributed by atoms with E-state index in [9.17, 15) is 17.6 Å². The number of nitrogens with zero attached hydrogens (tertiary/aromatic N) is 3. The lowest BCUT2D eigenvalue weighted by Gasteiger charge is -2.33. The molecule has 29 heavy (non-hydrogen) atoms. The molecule has 0 saturated carbocycles. The summed E-state index contributed by atoms with van der Waals surface area (Å²) in [7, 11) is -1.91. The van der Waals surface area contributed by atoms with Crippen molar-refractivity contribution in [1.82, 2.24) is 13.8 Å². The monoisotopic (exact) mass is 419 g/mol. The van der Waals surface area contributed by atoms with Crippen LogP contribution in [-0.4, -0.2) is 60.7 Å². The number of carbonyl (C=O) groups excluding carboxylic acids is 1. The Bertz CT molecular complexity index is 993. The second-order valence-corrected chi connectivity index (χ2v) is 9.83. The van der Waals surface area contributed by atoms with E-state index >= 15 is 0 Å². The Hall–Kier alpha value is -2.03. The van der Waals surface area contributed by atoms with E-state index in [4.69, 9.17) is 0 Å². The lowest BCUT2D eigenvalue weighted by molar-refractivity contribution is 0.0945. The number of hydrogen-bond acceptors (Lipinski definition) is 4. The number of aryl methyl sites for hydroxylation is 1. The summed E-state index contributed by atoms with van der Waals surface area (Å²) in [5.41, 5.74) is 1.46. The second-order valence-electron chi connectivity index (χ2n) is 7.92. The van der Waals surface area contributed by atoms with Crippen LogP contribution in [0.5, 0.6) is 0 Å². The Balaban J connectivity index is 1.29. The predicted octanol–water partition coefficient (Wildman–Crippen LogP) is 2.62. The number of carbonyl (C=O) groups is 1. The number of likely N-dealkylation sites (tertiary alicyclic amines) is 1. The van der Waals surface area contributed by atoms with E-state index in [-0.39, 0.29) is 28.7 Å². The molecule has 2 aromatic rings. The quantitative estimate of drug-likeness (QED) is 0.748. The molecule has 1 fully saturated rings. The topological polar surface area (TPSA) is 62.6 Å². The van der Waals surface area contributed by atoms with E-state index in [1.165, 1.54) is 28.1 Å². The Labute approximate surface area is 171 Å². The fourth-order valence-electron chi connectivity index (χ4n) is 4.40. The number of benzene rings is 1. The normalized spacial score (nSPS) is 20.7. The van der Waals surface area contributed by atoms with Crippen LogP contribution >= 0.6 is 0 Å². The fourth-order valence-corrected chi connectivity index (χ4v) is 6.07. The van der Waals surface area contributed by atoms with E-state index in [1.54, 1.807) is 17.8 Å². The lowest BCUT2D eigenvalue weighted by Crippen LogP contribution is -2.43. The third-order valence-electron chi connectivity index (χ3n) is 6.05. The number of Topliss-reactive ketones (excluding diaryl/α,β-unsaturated/α-hetero) is 1. The third-order valence-corrected chi connectivity index (χ3v) is 7.93. The summed E-state index contributed by atoms with van der Waals surface area (Å²) in [6.07, 6.45) is 4.34. The Morgan fingerprint density at radius 3 is 2.45 bits per heavy atom. The van der Waals surface area contributed by atoms with Crippen LogP contribution in [0.2, 0.25) is 0 Å². The first kappa shape index (κ1) is 20.3. The number of aromatic nitrogens is 1. The van der Waals surface area contributed by atoms with E-state index in [2.05, 4.69) is 4.90 Å². The minimum absolute atomic E-state index is 0.0835. The zero-order valence-corrected chi connectivity index (χ0v) is 17.4. The highest BCUT2D eigenvalue weighted by Crippen LogP contribution is 2.29. The molecule has 0 amide bonds. The Morgan fingerprint density at radius 2 is 1.76 bits per heavy atom. The van der Waals surface area contributed by atoms with Crippen molar-refractivity contribution >= 4 is 15.8 Å². The molecule has 2 aliphatic heterocycles. The maximum Gasteiger partial charge on any atom is 0.245 e. The van der Waals surface area contributed by atoms with Gasteiger partial charge in [-0.3, -0.25) is 4.79 Å². The molecule has 0 radical (unpaired) electrons. The van der Waals surface area contributed by atoms with Crippen LogP contribution in [0, 0.1) is 5.82 Å². The van der Waals surface area contributed by atoms with Gasteiger partial charge in [0.2, 0.25) is 10.0 Å². The number of sulfonamides is 1. The predicted molar refractivity (Wildman–Crippen MR) is 108 cm³/mol. The van der Waals surface area contributed by atoms with Crippen molar-refractivity contribution in [1.29, 1.82) is 0 Å². The van der Waals surface area contributed by atoms with E-state index in [1.807, 2.05) is 12.1 Å². The molecular weight excluding hydrogens is 393 g/mol. The molecule has 3 heterocycles. The molecule has 8 heteroatoms. The molecule has 2 aliphatic rings. The molecule has 1 saturated heterocycles. The molecule has 0 N–H and O–H groups in total. The molecule has 1 aromatic heterocycles. The number of piperidine rings is 1. The summed E-state index contributed by atoms with van der Waals surface area (Å²) in [5, 5.41) is 0. The van der Waals surface area contributed by atoms with Crippen molar-refractivity contribution < 1.29 is 17.6 Å². The first-order chi connectivity index (χ1) is 13.9. The third kappa shape index (κ3) is 4.01. The molecule has 1 aromatic carbocycles. The highest BCUT2D eigenvalue weighted by Gasteiger charge is 2.37. The largest absolute Gasteiger partial charge is 0.347 e. The molecule has 0 unspecified atom stereocenters. The van der Waals surface area contributed by atoms with Crippen LogP contribution in [0.25, 0.3) is 0 Å². The van der Waals surface area contributed by atoms with Crippen LogP contribution in [-0.2, 0) is 17.1 Å². The van der Waals surface area contributed by atoms with Crippen LogP contribution < -0.4 is 0 Å². The van der Waals surface area contributed by atoms with E-state index < -0.39 is 10.0 Å². The van der Waals surface area contributed by atoms with Crippen LogP contribution in [0.1, 0.15) is 41.2 Å². The van der Waals surface area contributed by atoms with Crippen LogP contribution in [0.4, 0.5) is 4.39 Å². The van der Waals surface area contributed by atoms with Gasteiger partial charge in [-0.15, -0.1) is 0 Å². The van der Waals surface area contributed by atoms with Gasteiger partial charge in [-0.1, -0.05) is 12.1 Å². The van der Waals surface area contributed by atoms with Gasteiger partial charge in [0.15, 0.2) is 5.78 Å². The van der Waals surface area contributed by atoms with Gasteiger partial charge in [0.05, 0.1) is 6.54 Å². The minimum Gasteiger partial charge on any atom is -0.347 e. The smallest absolute Gasteiger partial charge is 0.245 e. The van der Waals surface area contributed by atoms with E-state index in [0.29, 0.717) is 18.9 Å². The summed E-state index contributed by atoms with van der Waals surface area (Å²) in [5.74, 6) is 0.0887. The van der Waals surface area contributed by atoms with Gasteiger partial charge < -0.3 is 9.47 Å². The number of ketones is 1. The highest BCUT2D eigenvalue weighted by molar-refractivity contribution is 7.89. The van der Waals surface area contributed by atoms with Gasteiger partial charge in [0.25, 0.3) is 0 Å². The molecule has 0 aliphatic carbocycles. The lowest BCUT2D eigenvalue weighted by atomic mass is 9.89. The van der Waals surface area contributed by atoms with Crippen molar-refractivity contribution in [2.45, 2.75) is 30.1 Å². The molecule has 0 spiro atoms. The zero-order valence-electron chi connectivity index (χ0n) is 16.6. The Kier molecular flexibility index (Phi) is 5.59. The second kappa shape index (κ2) is 8.01. The maximum atomic E-state index is 13.1. The molecule has 0 atom stereocenters. The standard InChI is InChI=1S/C21H26FN3O3S/c1-23-12-9-20-21(23)19(26)15-25(29(20,27)28)11-2-10-24-13-7-17(8-14-24)16-3-5-18(22)6-4-16/h3-6,9,12,17H,2,7-8,10-11,13-15H2,1H3. The van der Waals surface area contributed by atoms with Crippen molar-refractivity contribution in [3.8, 4) is 0 Å². The summed E-state index contributed by atoms with van der Waals surface area (Å²) in [4.78, 5) is 14.8. The molecule has 4 rings (SSSR count).